The van der Waals surface area contributed by atoms with Crippen LogP contribution in [-0.2, 0) is 9.53 Å². The molecule has 144 valence electrons. The molecule has 0 fully saturated rings. The average molecular weight is 711 g/mol. The maximum absolute atomic E-state index is 12.3. The van der Waals surface area contributed by atoms with Gasteiger partial charge in [0, 0.05) is 9.13 Å². The minimum Gasteiger partial charge on any atom is -0.487 e. The summed E-state index contributed by atoms with van der Waals surface area (Å²) in [5.74, 6) is 0.708. The number of cyclic esters (lactones) is 1. The zero-order chi connectivity index (χ0) is 20.4. The Kier molecular flexibility index (Phi) is 7.18. The van der Waals surface area contributed by atoms with E-state index in [2.05, 4.69) is 79.3 Å². The van der Waals surface area contributed by atoms with Gasteiger partial charge in [-0.25, -0.2) is 9.79 Å². The summed E-state index contributed by atoms with van der Waals surface area (Å²) in [6.45, 7) is 8.27. The summed E-state index contributed by atoms with van der Waals surface area (Å²) in [6, 6.07) is 9.77. The van der Waals surface area contributed by atoms with Crippen LogP contribution in [0.5, 0.6) is 5.75 Å². The average Bonchev–Trinajstić information content (AvgIpc) is 2.97. The monoisotopic (exact) mass is 711 g/mol. The Morgan fingerprint density at radius 2 is 1.86 bits per heavy atom. The van der Waals surface area contributed by atoms with Gasteiger partial charge in [-0.2, -0.15) is 0 Å². The van der Waals surface area contributed by atoms with Crippen molar-refractivity contribution in [1.29, 1.82) is 0 Å². The van der Waals surface area contributed by atoms with E-state index in [1.165, 1.54) is 0 Å². The second kappa shape index (κ2) is 9.24. The lowest BCUT2D eigenvalue weighted by molar-refractivity contribution is -0.129. The predicted octanol–water partition coefficient (Wildman–Crippen LogP) is 6.11. The van der Waals surface area contributed by atoms with Crippen molar-refractivity contribution in [1.82, 2.24) is 0 Å². The Balaban J connectivity index is 1.90. The molecule has 0 atom stereocenters. The molecule has 0 bridgehead atoms. The van der Waals surface area contributed by atoms with Crippen LogP contribution in [0.2, 0.25) is 0 Å². The van der Waals surface area contributed by atoms with Gasteiger partial charge in [0.05, 0.1) is 7.14 Å². The van der Waals surface area contributed by atoms with Crippen LogP contribution in [0.4, 0.5) is 0 Å². The molecule has 0 unspecified atom stereocenters. The smallest absolute Gasteiger partial charge is 0.363 e. The van der Waals surface area contributed by atoms with E-state index < -0.39 is 5.97 Å². The van der Waals surface area contributed by atoms with Gasteiger partial charge in [-0.15, -0.1) is 0 Å². The maximum atomic E-state index is 12.3. The van der Waals surface area contributed by atoms with Crippen molar-refractivity contribution in [2.75, 3.05) is 6.61 Å². The first kappa shape index (κ1) is 21.8. The van der Waals surface area contributed by atoms with Crippen molar-refractivity contribution in [3.63, 3.8) is 0 Å². The quantitative estimate of drug-likeness (QED) is 0.163. The molecule has 0 saturated heterocycles. The van der Waals surface area contributed by atoms with Gasteiger partial charge >= 0.3 is 5.97 Å². The van der Waals surface area contributed by atoms with E-state index in [0.29, 0.717) is 12.5 Å². The molecule has 2 aromatic carbocycles. The van der Waals surface area contributed by atoms with E-state index in [9.17, 15) is 4.79 Å². The highest BCUT2D eigenvalue weighted by Crippen LogP contribution is 2.31. The molecule has 28 heavy (non-hydrogen) atoms. The molecule has 7 heteroatoms. The number of ether oxygens (including phenoxy) is 2. The van der Waals surface area contributed by atoms with Crippen LogP contribution >= 0.6 is 67.8 Å². The molecule has 3 rings (SSSR count). The summed E-state index contributed by atoms with van der Waals surface area (Å²) < 4.78 is 14.3. The Labute approximate surface area is 204 Å². The molecule has 0 spiro atoms. The maximum Gasteiger partial charge on any atom is 0.363 e. The Bertz CT molecular complexity index is 1020. The van der Waals surface area contributed by atoms with Gasteiger partial charge in [-0.1, -0.05) is 6.58 Å². The fraction of sp³-hybridized carbons (Fsp3) is 0.143. The van der Waals surface area contributed by atoms with Crippen molar-refractivity contribution in [3.05, 3.63) is 75.6 Å². The van der Waals surface area contributed by atoms with Gasteiger partial charge in [-0.3, -0.25) is 0 Å². The van der Waals surface area contributed by atoms with Crippen LogP contribution < -0.4 is 4.74 Å². The third-order valence-corrected chi connectivity index (χ3v) is 6.63. The number of hydrogen-bond donors (Lipinski definition) is 0. The molecular weight excluding hydrogens is 695 g/mol. The number of carbonyl (C=O) groups excluding carboxylic acids is 1. The van der Waals surface area contributed by atoms with Gasteiger partial charge < -0.3 is 9.47 Å². The fourth-order valence-corrected chi connectivity index (χ4v) is 4.93. The number of nitrogens with zero attached hydrogens (tertiary/aromatic N) is 1. The Morgan fingerprint density at radius 1 is 1.18 bits per heavy atom. The third kappa shape index (κ3) is 5.15. The van der Waals surface area contributed by atoms with E-state index in [-0.39, 0.29) is 5.70 Å². The molecule has 0 radical (unpaired) electrons. The van der Waals surface area contributed by atoms with Crippen LogP contribution in [0.25, 0.3) is 6.08 Å². The Hall–Kier alpha value is -0.950. The number of aliphatic imine (C=N–C) groups is 1. The standard InChI is InChI=1S/C21H16I3NO3/c1-11(2)10-27-19-16(23)7-13(8-17(19)24)9-18-21(26)28-20(25-18)14-4-5-15(22)12(3)6-14/h4-9H,1,10H2,2-3H3/b18-9-. The zero-order valence-corrected chi connectivity index (χ0v) is 21.7. The topological polar surface area (TPSA) is 47.9 Å². The molecule has 0 aliphatic carbocycles. The molecule has 4 nitrogen and oxygen atoms in total. The van der Waals surface area contributed by atoms with Crippen molar-refractivity contribution < 1.29 is 14.3 Å². The summed E-state index contributed by atoms with van der Waals surface area (Å²) in [5, 5.41) is 0. The molecule has 0 aromatic heterocycles. The third-order valence-electron chi connectivity index (χ3n) is 3.81. The largest absolute Gasteiger partial charge is 0.487 e. The highest BCUT2D eigenvalue weighted by atomic mass is 127. The molecule has 2 aromatic rings. The molecule has 1 aliphatic heterocycles. The SMILES string of the molecule is C=C(C)COc1c(I)cc(/C=C2\N=C(c3ccc(I)c(C)c3)OC2=O)cc1I. The minimum atomic E-state index is -0.446. The molecule has 1 heterocycles. The first-order valence-corrected chi connectivity index (χ1v) is 11.5. The first-order chi connectivity index (χ1) is 13.2. The van der Waals surface area contributed by atoms with Crippen molar-refractivity contribution in [2.45, 2.75) is 13.8 Å². The van der Waals surface area contributed by atoms with Crippen LogP contribution in [0, 0.1) is 17.6 Å². The number of esters is 1. The summed E-state index contributed by atoms with van der Waals surface area (Å²) in [5.41, 5.74) is 4.02. The lowest BCUT2D eigenvalue weighted by atomic mass is 10.1. The van der Waals surface area contributed by atoms with Gasteiger partial charge in [0.15, 0.2) is 5.70 Å². The summed E-state index contributed by atoms with van der Waals surface area (Å²) >= 11 is 6.73. The number of carbonyl (C=O) groups is 1. The van der Waals surface area contributed by atoms with Crippen molar-refractivity contribution in [3.8, 4) is 5.75 Å². The summed E-state index contributed by atoms with van der Waals surface area (Å²) in [7, 11) is 0. The Morgan fingerprint density at radius 3 is 2.46 bits per heavy atom. The lowest BCUT2D eigenvalue weighted by Gasteiger charge is -2.11. The fourth-order valence-electron chi connectivity index (χ4n) is 2.46. The second-order valence-electron chi connectivity index (χ2n) is 6.36. The summed E-state index contributed by atoms with van der Waals surface area (Å²) in [4.78, 5) is 16.7. The first-order valence-electron chi connectivity index (χ1n) is 8.30. The summed E-state index contributed by atoms with van der Waals surface area (Å²) in [6.07, 6.45) is 1.74. The molecule has 0 saturated carbocycles. The molecule has 0 N–H and O–H groups in total. The number of aryl methyl sites for hydroxylation is 1. The number of hydrogen-bond acceptors (Lipinski definition) is 4. The van der Waals surface area contributed by atoms with E-state index in [0.717, 1.165) is 38.7 Å². The van der Waals surface area contributed by atoms with Crippen LogP contribution in [0.3, 0.4) is 0 Å². The van der Waals surface area contributed by atoms with Crippen molar-refractivity contribution in [2.24, 2.45) is 4.99 Å². The van der Waals surface area contributed by atoms with E-state index >= 15 is 0 Å². The van der Waals surface area contributed by atoms with Gasteiger partial charge in [0.2, 0.25) is 5.90 Å². The molecule has 0 amide bonds. The van der Waals surface area contributed by atoms with Crippen molar-refractivity contribution >= 4 is 85.7 Å². The highest BCUT2D eigenvalue weighted by Gasteiger charge is 2.24. The van der Waals surface area contributed by atoms with Crippen LogP contribution in [-0.4, -0.2) is 18.5 Å². The zero-order valence-electron chi connectivity index (χ0n) is 15.2. The number of benzene rings is 2. The van der Waals surface area contributed by atoms with Crippen LogP contribution in [0.1, 0.15) is 23.6 Å². The van der Waals surface area contributed by atoms with E-state index in [1.807, 2.05) is 44.2 Å². The molecule has 1 aliphatic rings. The lowest BCUT2D eigenvalue weighted by Crippen LogP contribution is -2.05. The normalized spacial score (nSPS) is 14.8. The van der Waals surface area contributed by atoms with Gasteiger partial charge in [0.1, 0.15) is 12.4 Å². The second-order valence-corrected chi connectivity index (χ2v) is 9.85. The highest BCUT2D eigenvalue weighted by molar-refractivity contribution is 14.1. The van der Waals surface area contributed by atoms with Gasteiger partial charge in [-0.05, 0) is 135 Å². The van der Waals surface area contributed by atoms with Gasteiger partial charge in [0.25, 0.3) is 0 Å². The van der Waals surface area contributed by atoms with Crippen LogP contribution in [0.15, 0.2) is 53.2 Å². The minimum absolute atomic E-state index is 0.286. The number of rotatable bonds is 5. The van der Waals surface area contributed by atoms with E-state index in [1.54, 1.807) is 6.08 Å². The van der Waals surface area contributed by atoms with E-state index in [4.69, 9.17) is 9.47 Å². The molecular formula is C21H16I3NO3. The number of halogens is 3. The predicted molar refractivity (Wildman–Crippen MR) is 137 cm³/mol.